The molecule has 0 saturated carbocycles. The lowest BCUT2D eigenvalue weighted by atomic mass is 10.2. The molecule has 0 amide bonds. The highest BCUT2D eigenvalue weighted by molar-refractivity contribution is 5.72. The number of nitrogens with one attached hydrogen (secondary N) is 1. The van der Waals surface area contributed by atoms with E-state index in [0.29, 0.717) is 17.5 Å². The van der Waals surface area contributed by atoms with Crippen molar-refractivity contribution in [1.82, 2.24) is 9.97 Å². The van der Waals surface area contributed by atoms with Crippen LogP contribution >= 0.6 is 0 Å². The number of benzene rings is 2. The fourth-order valence-corrected chi connectivity index (χ4v) is 4.22. The lowest BCUT2D eigenvalue weighted by Crippen LogP contribution is -2.38. The highest BCUT2D eigenvalue weighted by Gasteiger charge is 2.17. The van der Waals surface area contributed by atoms with Crippen molar-refractivity contribution in [3.63, 3.8) is 0 Å². The summed E-state index contributed by atoms with van der Waals surface area (Å²) in [7, 11) is 1.86. The molecule has 0 bridgehead atoms. The van der Waals surface area contributed by atoms with Crippen LogP contribution in [0.15, 0.2) is 54.7 Å². The Morgan fingerprint density at radius 2 is 1.53 bits per heavy atom. The Labute approximate surface area is 198 Å². The molecule has 0 spiro atoms. The largest absolute Gasteiger partial charge is 0.378 e. The maximum absolute atomic E-state index is 13.7. The van der Waals surface area contributed by atoms with Crippen LogP contribution in [0.1, 0.15) is 0 Å². The summed E-state index contributed by atoms with van der Waals surface area (Å²) in [5.74, 6) is 0.862. The molecule has 8 nitrogen and oxygen atoms in total. The lowest BCUT2D eigenvalue weighted by molar-refractivity contribution is 0.122. The predicted molar refractivity (Wildman–Crippen MR) is 132 cm³/mol. The summed E-state index contributed by atoms with van der Waals surface area (Å²) < 4.78 is 24.8. The molecule has 1 N–H and O–H groups in total. The number of anilines is 6. The number of halogens is 1. The highest BCUT2D eigenvalue weighted by Crippen LogP contribution is 2.31. The molecular formula is C25H29FN6O2. The summed E-state index contributed by atoms with van der Waals surface area (Å²) in [6.07, 6.45) is 1.70. The van der Waals surface area contributed by atoms with E-state index in [-0.39, 0.29) is 5.82 Å². The van der Waals surface area contributed by atoms with Gasteiger partial charge in [0.05, 0.1) is 26.4 Å². The van der Waals surface area contributed by atoms with Gasteiger partial charge in [-0.1, -0.05) is 6.07 Å². The van der Waals surface area contributed by atoms with E-state index in [2.05, 4.69) is 43.3 Å². The maximum atomic E-state index is 13.7. The number of morpholine rings is 2. The Hall–Kier alpha value is -3.43. The Bertz CT molecular complexity index is 1080. The van der Waals surface area contributed by atoms with Crippen molar-refractivity contribution < 1.29 is 13.9 Å². The zero-order valence-corrected chi connectivity index (χ0v) is 19.3. The van der Waals surface area contributed by atoms with Crippen molar-refractivity contribution in [2.75, 3.05) is 79.7 Å². The van der Waals surface area contributed by atoms with Gasteiger partial charge in [0.2, 0.25) is 5.95 Å². The monoisotopic (exact) mass is 464 g/mol. The van der Waals surface area contributed by atoms with Crippen molar-refractivity contribution in [2.24, 2.45) is 0 Å². The second kappa shape index (κ2) is 10.2. The number of ether oxygens (including phenoxy) is 2. The number of rotatable bonds is 6. The average molecular weight is 465 g/mol. The summed E-state index contributed by atoms with van der Waals surface area (Å²) in [6.45, 7) is 6.33. The minimum atomic E-state index is -0.285. The molecule has 34 heavy (non-hydrogen) atoms. The van der Waals surface area contributed by atoms with Gasteiger partial charge in [0.1, 0.15) is 11.6 Å². The van der Waals surface area contributed by atoms with Crippen LogP contribution in [0.3, 0.4) is 0 Å². The van der Waals surface area contributed by atoms with Crippen LogP contribution in [0, 0.1) is 5.82 Å². The topological polar surface area (TPSA) is 66.0 Å². The molecule has 2 aromatic carbocycles. The molecule has 2 aliphatic rings. The second-order valence-electron chi connectivity index (χ2n) is 8.34. The Morgan fingerprint density at radius 1 is 0.882 bits per heavy atom. The first-order valence-electron chi connectivity index (χ1n) is 11.6. The third-order valence-corrected chi connectivity index (χ3v) is 6.09. The second-order valence-corrected chi connectivity index (χ2v) is 8.34. The Kier molecular flexibility index (Phi) is 6.73. The molecule has 1 aromatic heterocycles. The van der Waals surface area contributed by atoms with Crippen LogP contribution in [-0.4, -0.2) is 69.6 Å². The smallest absolute Gasteiger partial charge is 0.229 e. The molecule has 9 heteroatoms. The maximum Gasteiger partial charge on any atom is 0.229 e. The molecule has 3 aromatic rings. The summed E-state index contributed by atoms with van der Waals surface area (Å²) in [5.41, 5.74) is 3.91. The first-order valence-corrected chi connectivity index (χ1v) is 11.6. The van der Waals surface area contributed by atoms with Crippen molar-refractivity contribution in [3.8, 4) is 0 Å². The summed E-state index contributed by atoms with van der Waals surface area (Å²) in [5, 5.41) is 3.38. The van der Waals surface area contributed by atoms with Gasteiger partial charge in [-0.15, -0.1) is 0 Å². The van der Waals surface area contributed by atoms with Crippen LogP contribution in [-0.2, 0) is 9.47 Å². The van der Waals surface area contributed by atoms with E-state index in [4.69, 9.17) is 9.47 Å². The van der Waals surface area contributed by atoms with Gasteiger partial charge in [0.15, 0.2) is 0 Å². The molecule has 2 aliphatic heterocycles. The molecule has 3 heterocycles. The first-order chi connectivity index (χ1) is 16.7. The van der Waals surface area contributed by atoms with Crippen molar-refractivity contribution in [3.05, 3.63) is 60.5 Å². The molecular weight excluding hydrogens is 435 g/mol. The normalized spacial score (nSPS) is 16.4. The van der Waals surface area contributed by atoms with E-state index in [1.54, 1.807) is 18.3 Å². The fourth-order valence-electron chi connectivity index (χ4n) is 4.22. The van der Waals surface area contributed by atoms with Crippen LogP contribution in [0.2, 0.25) is 0 Å². The standard InChI is InChI=1S/C25H29FN6O2/c1-30(21-4-2-3-19(26)15-21)24-5-6-27-25(29-24)28-20-16-22(31-7-11-33-12-8-31)18-23(17-20)32-9-13-34-14-10-32/h2-6,15-18H,7-14H2,1H3,(H,27,28,29). The van der Waals surface area contributed by atoms with Crippen molar-refractivity contribution in [1.29, 1.82) is 0 Å². The van der Waals surface area contributed by atoms with Gasteiger partial charge >= 0.3 is 0 Å². The molecule has 2 fully saturated rings. The summed E-state index contributed by atoms with van der Waals surface area (Å²) in [6, 6.07) is 14.7. The van der Waals surface area contributed by atoms with E-state index in [0.717, 1.165) is 69.7 Å². The van der Waals surface area contributed by atoms with Crippen molar-refractivity contribution >= 4 is 34.5 Å². The van der Waals surface area contributed by atoms with Crippen LogP contribution < -0.4 is 20.0 Å². The van der Waals surface area contributed by atoms with E-state index in [1.165, 1.54) is 12.1 Å². The SMILES string of the molecule is CN(c1cccc(F)c1)c1ccnc(Nc2cc(N3CCOCC3)cc(N3CCOCC3)c2)n1. The van der Waals surface area contributed by atoms with Gasteiger partial charge < -0.3 is 29.5 Å². The average Bonchev–Trinajstić information content (AvgIpc) is 2.89. The van der Waals surface area contributed by atoms with Gasteiger partial charge in [-0.25, -0.2) is 9.37 Å². The summed E-state index contributed by atoms with van der Waals surface area (Å²) >= 11 is 0. The van der Waals surface area contributed by atoms with Crippen LogP contribution in [0.25, 0.3) is 0 Å². The predicted octanol–water partition coefficient (Wildman–Crippen LogP) is 3.80. The number of hydrogen-bond acceptors (Lipinski definition) is 8. The first kappa shape index (κ1) is 22.4. The van der Waals surface area contributed by atoms with Crippen LogP contribution in [0.4, 0.5) is 38.9 Å². The van der Waals surface area contributed by atoms with E-state index in [9.17, 15) is 4.39 Å². The molecule has 0 atom stereocenters. The number of nitrogens with zero attached hydrogens (tertiary/aromatic N) is 5. The van der Waals surface area contributed by atoms with Gasteiger partial charge in [-0.05, 0) is 42.5 Å². The molecule has 0 radical (unpaired) electrons. The molecule has 0 unspecified atom stereocenters. The quantitative estimate of drug-likeness (QED) is 0.591. The molecule has 5 rings (SSSR count). The van der Waals surface area contributed by atoms with Gasteiger partial charge in [-0.3, -0.25) is 0 Å². The van der Waals surface area contributed by atoms with E-state index < -0.39 is 0 Å². The van der Waals surface area contributed by atoms with E-state index in [1.807, 2.05) is 18.0 Å². The summed E-state index contributed by atoms with van der Waals surface area (Å²) in [4.78, 5) is 15.6. The van der Waals surface area contributed by atoms with Crippen LogP contribution in [0.5, 0.6) is 0 Å². The Balaban J connectivity index is 1.42. The zero-order chi connectivity index (χ0) is 23.3. The van der Waals surface area contributed by atoms with Gasteiger partial charge in [0.25, 0.3) is 0 Å². The fraction of sp³-hybridized carbons (Fsp3) is 0.360. The third kappa shape index (κ3) is 5.21. The number of hydrogen-bond donors (Lipinski definition) is 1. The molecule has 2 saturated heterocycles. The van der Waals surface area contributed by atoms with E-state index >= 15 is 0 Å². The zero-order valence-electron chi connectivity index (χ0n) is 19.3. The van der Waals surface area contributed by atoms with Crippen molar-refractivity contribution in [2.45, 2.75) is 0 Å². The Morgan fingerprint density at radius 3 is 2.15 bits per heavy atom. The molecule has 178 valence electrons. The highest BCUT2D eigenvalue weighted by atomic mass is 19.1. The molecule has 0 aliphatic carbocycles. The van der Waals surface area contributed by atoms with Gasteiger partial charge in [0, 0.05) is 62.2 Å². The number of aromatic nitrogens is 2. The minimum Gasteiger partial charge on any atom is -0.378 e. The lowest BCUT2D eigenvalue weighted by Gasteiger charge is -2.33. The minimum absolute atomic E-state index is 0.285. The van der Waals surface area contributed by atoms with Gasteiger partial charge in [-0.2, -0.15) is 4.98 Å². The third-order valence-electron chi connectivity index (χ3n) is 6.09.